The highest BCUT2D eigenvalue weighted by Crippen LogP contribution is 2.41. The van der Waals surface area contributed by atoms with Crippen LogP contribution in [0.5, 0.6) is 5.75 Å². The molecule has 29 heavy (non-hydrogen) atoms. The highest BCUT2D eigenvalue weighted by Gasteiger charge is 2.55. The Hall–Kier alpha value is -3.09. The maximum absolute atomic E-state index is 13.3. The van der Waals surface area contributed by atoms with E-state index in [2.05, 4.69) is 23.7 Å². The molecule has 0 saturated carbocycles. The number of aryl methyl sites for hydroxylation is 1. The van der Waals surface area contributed by atoms with Gasteiger partial charge < -0.3 is 14.6 Å². The number of imide groups is 1. The van der Waals surface area contributed by atoms with Crippen molar-refractivity contribution in [2.45, 2.75) is 45.7 Å². The molecule has 2 aliphatic rings. The van der Waals surface area contributed by atoms with Crippen molar-refractivity contribution >= 4 is 17.7 Å². The molecule has 0 unspecified atom stereocenters. The number of ether oxygens (including phenoxy) is 1. The normalized spacial score (nSPS) is 20.8. The molecule has 4 rings (SSSR count). The largest absolute Gasteiger partial charge is 0.493 e. The summed E-state index contributed by atoms with van der Waals surface area (Å²) in [4.78, 5) is 40.1. The molecule has 2 aromatic rings. The third kappa shape index (κ3) is 2.84. The Balaban J connectivity index is 1.64. The lowest BCUT2D eigenvalue weighted by molar-refractivity contribution is -0.132. The van der Waals surface area contributed by atoms with Crippen molar-refractivity contribution in [1.82, 2.24) is 14.8 Å². The van der Waals surface area contributed by atoms with Gasteiger partial charge in [0.25, 0.3) is 5.91 Å². The van der Waals surface area contributed by atoms with Crippen LogP contribution in [0.3, 0.4) is 0 Å². The van der Waals surface area contributed by atoms with Crippen molar-refractivity contribution in [3.63, 3.8) is 0 Å². The molecule has 7 heteroatoms. The molecule has 1 N–H and O–H groups in total. The number of rotatable bonds is 4. The molecule has 1 atom stereocenters. The van der Waals surface area contributed by atoms with E-state index in [0.717, 1.165) is 16.3 Å². The summed E-state index contributed by atoms with van der Waals surface area (Å²) in [5, 5.41) is 2.83. The van der Waals surface area contributed by atoms with Gasteiger partial charge in [0.1, 0.15) is 5.75 Å². The third-order valence-electron chi connectivity index (χ3n) is 5.86. The lowest BCUT2D eigenvalue weighted by atomic mass is 9.84. The zero-order chi connectivity index (χ0) is 20.9. The van der Waals surface area contributed by atoms with E-state index in [9.17, 15) is 14.4 Å². The SMILES string of the molecule is Cc1cc(C(=O)CN2C(=O)N[C@]3(CCOc4ccccc43)C2=O)c(C)n1C(C)C. The summed E-state index contributed by atoms with van der Waals surface area (Å²) in [6, 6.07) is 8.70. The molecule has 1 spiro atoms. The van der Waals surface area contributed by atoms with Crippen LogP contribution in [-0.4, -0.2) is 40.3 Å². The minimum atomic E-state index is -1.17. The maximum atomic E-state index is 13.3. The first-order valence-electron chi connectivity index (χ1n) is 9.84. The number of hydrogen-bond acceptors (Lipinski definition) is 4. The van der Waals surface area contributed by atoms with Gasteiger partial charge in [0, 0.05) is 35.0 Å². The quantitative estimate of drug-likeness (QED) is 0.637. The number of amides is 3. The van der Waals surface area contributed by atoms with Gasteiger partial charge in [-0.05, 0) is 39.8 Å². The van der Waals surface area contributed by atoms with E-state index in [1.165, 1.54) is 0 Å². The van der Waals surface area contributed by atoms with Crippen LogP contribution in [0.1, 0.15) is 53.6 Å². The van der Waals surface area contributed by atoms with Gasteiger partial charge in [0.2, 0.25) is 0 Å². The van der Waals surface area contributed by atoms with Crippen molar-refractivity contribution < 1.29 is 19.1 Å². The number of ketones is 1. The van der Waals surface area contributed by atoms with Crippen molar-refractivity contribution in [2.75, 3.05) is 13.2 Å². The number of aromatic nitrogens is 1. The highest BCUT2D eigenvalue weighted by molar-refractivity contribution is 6.12. The molecule has 1 aromatic heterocycles. The van der Waals surface area contributed by atoms with Crippen molar-refractivity contribution in [3.8, 4) is 5.75 Å². The molecular weight excluding hydrogens is 370 g/mol. The molecule has 0 aliphatic carbocycles. The van der Waals surface area contributed by atoms with E-state index in [-0.39, 0.29) is 18.4 Å². The molecular formula is C22H25N3O4. The Morgan fingerprint density at radius 2 is 1.97 bits per heavy atom. The second kappa shape index (κ2) is 6.76. The van der Waals surface area contributed by atoms with Crippen LogP contribution >= 0.6 is 0 Å². The van der Waals surface area contributed by atoms with Crippen molar-refractivity contribution in [2.24, 2.45) is 0 Å². The second-order valence-electron chi connectivity index (χ2n) is 7.99. The van der Waals surface area contributed by atoms with Crippen LogP contribution < -0.4 is 10.1 Å². The van der Waals surface area contributed by atoms with E-state index in [1.54, 1.807) is 12.1 Å². The van der Waals surface area contributed by atoms with Crippen LogP contribution in [0.2, 0.25) is 0 Å². The lowest BCUT2D eigenvalue weighted by Crippen LogP contribution is -2.47. The van der Waals surface area contributed by atoms with E-state index in [4.69, 9.17) is 4.74 Å². The smallest absolute Gasteiger partial charge is 0.325 e. The number of nitrogens with zero attached hydrogens (tertiary/aromatic N) is 2. The van der Waals surface area contributed by atoms with Crippen LogP contribution in [0.15, 0.2) is 30.3 Å². The number of carbonyl (C=O) groups is 3. The summed E-state index contributed by atoms with van der Waals surface area (Å²) in [6.45, 7) is 7.99. The Kier molecular flexibility index (Phi) is 4.48. The summed E-state index contributed by atoms with van der Waals surface area (Å²) in [6.07, 6.45) is 0.334. The second-order valence-corrected chi connectivity index (χ2v) is 7.99. The number of fused-ring (bicyclic) bond motifs is 2. The Morgan fingerprint density at radius 3 is 2.66 bits per heavy atom. The molecule has 2 aliphatic heterocycles. The van der Waals surface area contributed by atoms with E-state index < -0.39 is 17.5 Å². The van der Waals surface area contributed by atoms with Gasteiger partial charge in [-0.25, -0.2) is 4.79 Å². The molecule has 1 aromatic carbocycles. The third-order valence-corrected chi connectivity index (χ3v) is 5.86. The fraction of sp³-hybridized carbons (Fsp3) is 0.409. The van der Waals surface area contributed by atoms with Gasteiger partial charge in [-0.2, -0.15) is 0 Å². The topological polar surface area (TPSA) is 80.6 Å². The zero-order valence-electron chi connectivity index (χ0n) is 17.1. The number of nitrogens with one attached hydrogen (secondary N) is 1. The monoisotopic (exact) mass is 395 g/mol. The lowest BCUT2D eigenvalue weighted by Gasteiger charge is -2.33. The number of benzene rings is 1. The van der Waals surface area contributed by atoms with Crippen LogP contribution in [-0.2, 0) is 10.3 Å². The number of para-hydroxylation sites is 1. The Bertz CT molecular complexity index is 1020. The summed E-state index contributed by atoms with van der Waals surface area (Å²) in [7, 11) is 0. The predicted octanol–water partition coefficient (Wildman–Crippen LogP) is 3.10. The van der Waals surface area contributed by atoms with E-state index in [0.29, 0.717) is 29.9 Å². The van der Waals surface area contributed by atoms with Gasteiger partial charge in [-0.15, -0.1) is 0 Å². The maximum Gasteiger partial charge on any atom is 0.325 e. The van der Waals surface area contributed by atoms with Gasteiger partial charge in [0.15, 0.2) is 11.3 Å². The summed E-state index contributed by atoms with van der Waals surface area (Å²) >= 11 is 0. The first-order chi connectivity index (χ1) is 13.8. The first kappa shape index (κ1) is 19.2. The molecule has 0 radical (unpaired) electrons. The average molecular weight is 395 g/mol. The molecule has 3 amide bonds. The van der Waals surface area contributed by atoms with Gasteiger partial charge in [-0.1, -0.05) is 18.2 Å². The van der Waals surface area contributed by atoms with Crippen LogP contribution in [0.4, 0.5) is 4.79 Å². The number of hydrogen-bond donors (Lipinski definition) is 1. The fourth-order valence-corrected chi connectivity index (χ4v) is 4.60. The summed E-state index contributed by atoms with van der Waals surface area (Å²) in [5.74, 6) is -0.0591. The fourth-order valence-electron chi connectivity index (χ4n) is 4.60. The average Bonchev–Trinajstić information content (AvgIpc) is 3.10. The van der Waals surface area contributed by atoms with Crippen molar-refractivity contribution in [1.29, 1.82) is 0 Å². The number of urea groups is 1. The number of carbonyl (C=O) groups excluding carboxylic acids is 3. The van der Waals surface area contributed by atoms with Crippen LogP contribution in [0, 0.1) is 13.8 Å². The predicted molar refractivity (Wildman–Crippen MR) is 107 cm³/mol. The van der Waals surface area contributed by atoms with E-state index >= 15 is 0 Å². The molecule has 1 saturated heterocycles. The minimum absolute atomic E-state index is 0.218. The van der Waals surface area contributed by atoms with Gasteiger partial charge >= 0.3 is 6.03 Å². The van der Waals surface area contributed by atoms with Gasteiger partial charge in [0.05, 0.1) is 13.2 Å². The molecule has 1 fully saturated rings. The van der Waals surface area contributed by atoms with Crippen molar-refractivity contribution in [3.05, 3.63) is 52.8 Å². The van der Waals surface area contributed by atoms with Crippen LogP contribution in [0.25, 0.3) is 0 Å². The Labute approximate surface area is 169 Å². The molecule has 152 valence electrons. The highest BCUT2D eigenvalue weighted by atomic mass is 16.5. The zero-order valence-corrected chi connectivity index (χ0v) is 17.1. The Morgan fingerprint density at radius 1 is 1.24 bits per heavy atom. The molecule has 7 nitrogen and oxygen atoms in total. The van der Waals surface area contributed by atoms with E-state index in [1.807, 2.05) is 32.0 Å². The summed E-state index contributed by atoms with van der Waals surface area (Å²) < 4.78 is 7.72. The first-order valence-corrected chi connectivity index (χ1v) is 9.84. The number of Topliss-reactive ketones (excluding diaryl/α,β-unsaturated/α-hetero) is 1. The molecule has 3 heterocycles. The summed E-state index contributed by atoms with van der Waals surface area (Å²) in [5.41, 5.74) is 1.84. The molecule has 0 bridgehead atoms. The standard InChI is InChI=1S/C22H25N3O4/c1-13(2)25-14(3)11-16(15(25)4)18(26)12-24-20(27)22(23-21(24)28)9-10-29-19-8-6-5-7-17(19)22/h5-8,11,13H,9-10,12H2,1-4H3,(H,23,28)/t22-/m0/s1. The van der Waals surface area contributed by atoms with Gasteiger partial charge in [-0.3, -0.25) is 14.5 Å². The minimum Gasteiger partial charge on any atom is -0.493 e.